The van der Waals surface area contributed by atoms with E-state index in [0.717, 1.165) is 84.2 Å². The van der Waals surface area contributed by atoms with E-state index in [1.165, 1.54) is 17.5 Å². The van der Waals surface area contributed by atoms with Crippen LogP contribution in [-0.2, 0) is 17.8 Å². The number of piperidine rings is 2. The summed E-state index contributed by atoms with van der Waals surface area (Å²) in [6, 6.07) is 11.3. The second-order valence-electron chi connectivity index (χ2n) is 10.8. The molecule has 3 aliphatic heterocycles. The summed E-state index contributed by atoms with van der Waals surface area (Å²) in [6.45, 7) is 5.24. The molecular formula is C28H36N6O2. The summed E-state index contributed by atoms with van der Waals surface area (Å²) in [6.07, 6.45) is 8.52. The van der Waals surface area contributed by atoms with E-state index < -0.39 is 0 Å². The molecule has 8 heteroatoms. The molecule has 3 fully saturated rings. The molecule has 0 unspecified atom stereocenters. The molecule has 36 heavy (non-hydrogen) atoms. The minimum Gasteiger partial charge on any atom is -0.367 e. The highest BCUT2D eigenvalue weighted by Crippen LogP contribution is 2.32. The topological polar surface area (TPSA) is 81.7 Å². The predicted molar refractivity (Wildman–Crippen MR) is 137 cm³/mol. The lowest BCUT2D eigenvalue weighted by atomic mass is 9.95. The van der Waals surface area contributed by atoms with Crippen LogP contribution in [-0.4, -0.2) is 81.3 Å². The smallest absolute Gasteiger partial charge is 0.272 e. The van der Waals surface area contributed by atoms with Crippen LogP contribution in [0.5, 0.6) is 0 Å². The lowest BCUT2D eigenvalue weighted by molar-refractivity contribution is -0.133. The summed E-state index contributed by atoms with van der Waals surface area (Å²) in [4.78, 5) is 40.7. The third-order valence-electron chi connectivity index (χ3n) is 8.40. The summed E-state index contributed by atoms with van der Waals surface area (Å²) >= 11 is 0. The van der Waals surface area contributed by atoms with Crippen molar-refractivity contribution in [2.75, 3.05) is 38.0 Å². The molecule has 0 spiro atoms. The molecule has 4 heterocycles. The number of aromatic nitrogens is 2. The van der Waals surface area contributed by atoms with E-state index in [-0.39, 0.29) is 17.9 Å². The van der Waals surface area contributed by atoms with Gasteiger partial charge in [0, 0.05) is 63.3 Å². The van der Waals surface area contributed by atoms with Gasteiger partial charge in [0.25, 0.3) is 5.91 Å². The van der Waals surface area contributed by atoms with Crippen molar-refractivity contribution in [1.82, 2.24) is 24.7 Å². The second kappa shape index (κ2) is 10.2. The fourth-order valence-electron chi connectivity index (χ4n) is 6.02. The van der Waals surface area contributed by atoms with Gasteiger partial charge < -0.3 is 15.1 Å². The number of benzene rings is 1. The van der Waals surface area contributed by atoms with E-state index in [9.17, 15) is 9.59 Å². The van der Waals surface area contributed by atoms with Crippen molar-refractivity contribution in [1.29, 1.82) is 0 Å². The molecule has 6 rings (SSSR count). The standard InChI is InChI=1S/C28H36N6O2/c35-27(21-5-6-21)32-13-8-23(9-14-32)31-26-17-25(29-19-30-26)28(36)33-15-10-24(11-16-33)34-12-7-20-3-1-2-4-22(20)18-34/h1-4,17,19,21,23-24H,5-16,18H2,(H,29,30,31). The van der Waals surface area contributed by atoms with Crippen LogP contribution in [0.3, 0.4) is 0 Å². The molecule has 0 bridgehead atoms. The molecule has 1 aromatic heterocycles. The van der Waals surface area contributed by atoms with Crippen LogP contribution in [0.2, 0.25) is 0 Å². The van der Waals surface area contributed by atoms with E-state index in [0.29, 0.717) is 23.5 Å². The van der Waals surface area contributed by atoms with Crippen LogP contribution in [0.1, 0.15) is 60.1 Å². The van der Waals surface area contributed by atoms with Crippen molar-refractivity contribution in [3.05, 3.63) is 53.5 Å². The van der Waals surface area contributed by atoms with Gasteiger partial charge in [0.2, 0.25) is 5.91 Å². The van der Waals surface area contributed by atoms with Crippen LogP contribution in [0.15, 0.2) is 36.7 Å². The number of rotatable bonds is 5. The van der Waals surface area contributed by atoms with E-state index in [2.05, 4.69) is 44.5 Å². The van der Waals surface area contributed by atoms with Gasteiger partial charge in [-0.1, -0.05) is 24.3 Å². The van der Waals surface area contributed by atoms with Gasteiger partial charge in [-0.25, -0.2) is 9.97 Å². The first-order valence-electron chi connectivity index (χ1n) is 13.6. The van der Waals surface area contributed by atoms with Crippen molar-refractivity contribution < 1.29 is 9.59 Å². The molecule has 0 radical (unpaired) electrons. The third-order valence-corrected chi connectivity index (χ3v) is 8.40. The summed E-state index contributed by atoms with van der Waals surface area (Å²) in [5.41, 5.74) is 3.38. The SMILES string of the molecule is O=C(c1cc(NC2CCN(C(=O)C3CC3)CC2)ncn1)N1CCC(N2CCc3ccccc3C2)CC1. The molecule has 190 valence electrons. The zero-order chi connectivity index (χ0) is 24.5. The first-order valence-corrected chi connectivity index (χ1v) is 13.6. The molecule has 1 aromatic carbocycles. The number of amides is 2. The summed E-state index contributed by atoms with van der Waals surface area (Å²) in [7, 11) is 0. The monoisotopic (exact) mass is 488 g/mol. The van der Waals surface area contributed by atoms with Gasteiger partial charge >= 0.3 is 0 Å². The summed E-state index contributed by atoms with van der Waals surface area (Å²) in [5.74, 6) is 1.30. The highest BCUT2D eigenvalue weighted by Gasteiger charge is 2.35. The van der Waals surface area contributed by atoms with Gasteiger partial charge in [-0.2, -0.15) is 0 Å². The van der Waals surface area contributed by atoms with Crippen LogP contribution in [0.25, 0.3) is 0 Å². The normalized spacial score (nSPS) is 21.8. The Bertz CT molecular complexity index is 1100. The maximum Gasteiger partial charge on any atom is 0.272 e. The number of fused-ring (bicyclic) bond motifs is 1. The molecule has 2 amide bonds. The molecule has 2 saturated heterocycles. The maximum absolute atomic E-state index is 13.2. The van der Waals surface area contributed by atoms with Crippen molar-refractivity contribution in [2.24, 2.45) is 5.92 Å². The number of likely N-dealkylation sites (tertiary alicyclic amines) is 2. The Morgan fingerprint density at radius 3 is 2.31 bits per heavy atom. The third kappa shape index (κ3) is 5.09. The largest absolute Gasteiger partial charge is 0.367 e. The number of hydrogen-bond donors (Lipinski definition) is 1. The maximum atomic E-state index is 13.2. The quantitative estimate of drug-likeness (QED) is 0.697. The molecule has 4 aliphatic rings. The van der Waals surface area contributed by atoms with E-state index in [1.54, 1.807) is 6.07 Å². The van der Waals surface area contributed by atoms with Crippen LogP contribution >= 0.6 is 0 Å². The highest BCUT2D eigenvalue weighted by atomic mass is 16.2. The summed E-state index contributed by atoms with van der Waals surface area (Å²) < 4.78 is 0. The van der Waals surface area contributed by atoms with E-state index in [4.69, 9.17) is 0 Å². The summed E-state index contributed by atoms with van der Waals surface area (Å²) in [5, 5.41) is 3.48. The average Bonchev–Trinajstić information content (AvgIpc) is 3.78. The molecule has 0 atom stereocenters. The Labute approximate surface area is 213 Å². The number of hydrogen-bond acceptors (Lipinski definition) is 6. The van der Waals surface area contributed by atoms with Crippen molar-refractivity contribution in [3.8, 4) is 0 Å². The highest BCUT2D eigenvalue weighted by molar-refractivity contribution is 5.93. The van der Waals surface area contributed by atoms with Gasteiger partial charge in [-0.05, 0) is 56.1 Å². The van der Waals surface area contributed by atoms with Crippen LogP contribution in [0, 0.1) is 5.92 Å². The van der Waals surface area contributed by atoms with Gasteiger partial charge in [-0.3, -0.25) is 14.5 Å². The minimum atomic E-state index is -0.00672. The number of anilines is 1. The fraction of sp³-hybridized carbons (Fsp3) is 0.571. The molecule has 1 N–H and O–H groups in total. The lowest BCUT2D eigenvalue weighted by Crippen LogP contribution is -2.48. The molecule has 8 nitrogen and oxygen atoms in total. The molecule has 2 aromatic rings. The molecule has 1 saturated carbocycles. The van der Waals surface area contributed by atoms with Crippen LogP contribution in [0.4, 0.5) is 5.82 Å². The molecular weight excluding hydrogens is 452 g/mol. The Morgan fingerprint density at radius 1 is 0.833 bits per heavy atom. The fourth-order valence-corrected chi connectivity index (χ4v) is 6.02. The second-order valence-corrected chi connectivity index (χ2v) is 10.8. The zero-order valence-electron chi connectivity index (χ0n) is 20.9. The average molecular weight is 489 g/mol. The Balaban J connectivity index is 1.00. The van der Waals surface area contributed by atoms with Crippen molar-refractivity contribution in [2.45, 2.75) is 63.6 Å². The lowest BCUT2D eigenvalue weighted by Gasteiger charge is -2.40. The number of carbonyl (C=O) groups excluding carboxylic acids is 2. The zero-order valence-corrected chi connectivity index (χ0v) is 20.9. The minimum absolute atomic E-state index is 0.00672. The Kier molecular flexibility index (Phi) is 6.61. The predicted octanol–water partition coefficient (Wildman–Crippen LogP) is 2.95. The Hall–Kier alpha value is -3.00. The van der Waals surface area contributed by atoms with Gasteiger partial charge in [-0.15, -0.1) is 0 Å². The van der Waals surface area contributed by atoms with Gasteiger partial charge in [0.15, 0.2) is 0 Å². The van der Waals surface area contributed by atoms with Crippen molar-refractivity contribution in [3.63, 3.8) is 0 Å². The number of nitrogens with zero attached hydrogens (tertiary/aromatic N) is 5. The van der Waals surface area contributed by atoms with E-state index in [1.807, 2.05) is 9.80 Å². The van der Waals surface area contributed by atoms with Crippen molar-refractivity contribution >= 4 is 17.6 Å². The number of nitrogens with one attached hydrogen (secondary N) is 1. The van der Waals surface area contributed by atoms with E-state index >= 15 is 0 Å². The molecule has 1 aliphatic carbocycles. The Morgan fingerprint density at radius 2 is 1.56 bits per heavy atom. The first-order chi connectivity index (χ1) is 17.6. The first kappa shape index (κ1) is 23.4. The number of carbonyl (C=O) groups is 2. The van der Waals surface area contributed by atoms with Gasteiger partial charge in [0.1, 0.15) is 17.8 Å². The van der Waals surface area contributed by atoms with Crippen LogP contribution < -0.4 is 5.32 Å². The van der Waals surface area contributed by atoms with Gasteiger partial charge in [0.05, 0.1) is 0 Å².